The van der Waals surface area contributed by atoms with Gasteiger partial charge in [0.1, 0.15) is 5.75 Å². The molecule has 0 aromatic heterocycles. The normalized spacial score (nSPS) is 12.1. The number of phenolic OH excluding ortho intramolecular Hbond substituents is 1. The number of primary amides is 1. The molecule has 1 aromatic rings. The Labute approximate surface area is 80.7 Å². The maximum absolute atomic E-state index is 10.4. The van der Waals surface area contributed by atoms with Crippen molar-refractivity contribution < 1.29 is 19.7 Å². The van der Waals surface area contributed by atoms with Crippen LogP contribution in [0.25, 0.3) is 0 Å². The van der Waals surface area contributed by atoms with Gasteiger partial charge in [0.15, 0.2) is 6.10 Å². The van der Waals surface area contributed by atoms with Gasteiger partial charge in [0.25, 0.3) is 0 Å². The standard InChI is InChI=1S/C9H11NO4/c10-9(13)14-8(5-11)6-1-3-7(12)4-2-6/h1-4,8,11-12H,5H2,(H2,10,13)/t8-/m0/s1. The molecule has 0 radical (unpaired) electrons. The van der Waals surface area contributed by atoms with Crippen molar-refractivity contribution in [3.63, 3.8) is 0 Å². The smallest absolute Gasteiger partial charge is 0.405 e. The number of carbonyl (C=O) groups is 1. The van der Waals surface area contributed by atoms with Crippen molar-refractivity contribution in [2.45, 2.75) is 6.10 Å². The number of phenols is 1. The summed E-state index contributed by atoms with van der Waals surface area (Å²) in [4.78, 5) is 10.4. The molecule has 4 N–H and O–H groups in total. The minimum atomic E-state index is -0.947. The van der Waals surface area contributed by atoms with Crippen molar-refractivity contribution in [2.24, 2.45) is 5.73 Å². The van der Waals surface area contributed by atoms with Gasteiger partial charge in [-0.15, -0.1) is 0 Å². The first kappa shape index (κ1) is 10.3. The molecule has 0 saturated carbocycles. The summed E-state index contributed by atoms with van der Waals surface area (Å²) in [6, 6.07) is 5.95. The second kappa shape index (κ2) is 4.48. The third-order valence-electron chi connectivity index (χ3n) is 1.69. The Hall–Kier alpha value is -1.75. The first-order valence-corrected chi connectivity index (χ1v) is 3.99. The Morgan fingerprint density at radius 3 is 2.43 bits per heavy atom. The maximum Gasteiger partial charge on any atom is 0.405 e. The summed E-state index contributed by atoms with van der Waals surface area (Å²) in [6.07, 6.45) is -1.73. The van der Waals surface area contributed by atoms with E-state index in [-0.39, 0.29) is 12.4 Å². The molecule has 1 aromatic carbocycles. The van der Waals surface area contributed by atoms with Gasteiger partial charge in [-0.25, -0.2) is 4.79 Å². The van der Waals surface area contributed by atoms with E-state index in [1.54, 1.807) is 12.1 Å². The highest BCUT2D eigenvalue weighted by molar-refractivity contribution is 5.65. The lowest BCUT2D eigenvalue weighted by Crippen LogP contribution is -2.19. The quantitative estimate of drug-likeness (QED) is 0.658. The van der Waals surface area contributed by atoms with E-state index < -0.39 is 12.2 Å². The number of nitrogens with two attached hydrogens (primary N) is 1. The molecule has 5 nitrogen and oxygen atoms in total. The average Bonchev–Trinajstić information content (AvgIpc) is 2.15. The van der Waals surface area contributed by atoms with E-state index >= 15 is 0 Å². The minimum Gasteiger partial charge on any atom is -0.508 e. The summed E-state index contributed by atoms with van der Waals surface area (Å²) in [5.74, 6) is 0.101. The topological polar surface area (TPSA) is 92.8 Å². The summed E-state index contributed by atoms with van der Waals surface area (Å²) in [5, 5.41) is 17.9. The number of benzene rings is 1. The van der Waals surface area contributed by atoms with Gasteiger partial charge in [0.2, 0.25) is 0 Å². The molecular formula is C9H11NO4. The molecule has 0 saturated heterocycles. The van der Waals surface area contributed by atoms with E-state index in [1.165, 1.54) is 12.1 Å². The summed E-state index contributed by atoms with van der Waals surface area (Å²) < 4.78 is 4.63. The van der Waals surface area contributed by atoms with Crippen LogP contribution in [0.4, 0.5) is 4.79 Å². The van der Waals surface area contributed by atoms with Crippen LogP contribution in [0.2, 0.25) is 0 Å². The van der Waals surface area contributed by atoms with E-state index in [0.717, 1.165) is 0 Å². The number of hydrogen-bond donors (Lipinski definition) is 3. The molecule has 0 aliphatic heterocycles. The Bertz CT molecular complexity index is 309. The number of aliphatic hydroxyl groups is 1. The molecule has 0 bridgehead atoms. The summed E-state index contributed by atoms with van der Waals surface area (Å²) in [7, 11) is 0. The molecule has 0 spiro atoms. The van der Waals surface area contributed by atoms with Gasteiger partial charge in [-0.05, 0) is 17.7 Å². The van der Waals surface area contributed by atoms with Crippen LogP contribution in [-0.4, -0.2) is 22.9 Å². The number of carbonyl (C=O) groups excluding carboxylic acids is 1. The fraction of sp³-hybridized carbons (Fsp3) is 0.222. The Balaban J connectivity index is 2.78. The number of aliphatic hydroxyl groups excluding tert-OH is 1. The van der Waals surface area contributed by atoms with Crippen LogP contribution in [0.1, 0.15) is 11.7 Å². The van der Waals surface area contributed by atoms with E-state index in [4.69, 9.17) is 15.9 Å². The maximum atomic E-state index is 10.4. The van der Waals surface area contributed by atoms with Gasteiger partial charge in [0, 0.05) is 0 Å². The lowest BCUT2D eigenvalue weighted by molar-refractivity contribution is 0.0633. The molecule has 1 atom stereocenters. The van der Waals surface area contributed by atoms with Gasteiger partial charge in [0.05, 0.1) is 6.61 Å². The average molecular weight is 197 g/mol. The number of aromatic hydroxyl groups is 1. The lowest BCUT2D eigenvalue weighted by Gasteiger charge is -2.13. The van der Waals surface area contributed by atoms with Gasteiger partial charge >= 0.3 is 6.09 Å². The second-order valence-corrected chi connectivity index (χ2v) is 2.70. The fourth-order valence-electron chi connectivity index (χ4n) is 1.04. The largest absolute Gasteiger partial charge is 0.508 e. The zero-order valence-corrected chi connectivity index (χ0v) is 7.38. The number of rotatable bonds is 3. The van der Waals surface area contributed by atoms with Crippen molar-refractivity contribution in [2.75, 3.05) is 6.61 Å². The van der Waals surface area contributed by atoms with E-state index in [2.05, 4.69) is 4.74 Å². The van der Waals surface area contributed by atoms with Crippen LogP contribution in [-0.2, 0) is 4.74 Å². The Kier molecular flexibility index (Phi) is 3.30. The van der Waals surface area contributed by atoms with Crippen LogP contribution in [0.3, 0.4) is 0 Å². The highest BCUT2D eigenvalue weighted by atomic mass is 16.6. The van der Waals surface area contributed by atoms with Gasteiger partial charge in [-0.1, -0.05) is 12.1 Å². The zero-order chi connectivity index (χ0) is 10.6. The Morgan fingerprint density at radius 1 is 1.43 bits per heavy atom. The molecule has 14 heavy (non-hydrogen) atoms. The Morgan fingerprint density at radius 2 is 2.00 bits per heavy atom. The number of ether oxygens (including phenoxy) is 1. The highest BCUT2D eigenvalue weighted by Crippen LogP contribution is 2.19. The number of amides is 1. The van der Waals surface area contributed by atoms with Crippen molar-refractivity contribution in [1.82, 2.24) is 0 Å². The monoisotopic (exact) mass is 197 g/mol. The summed E-state index contributed by atoms with van der Waals surface area (Å²) >= 11 is 0. The van der Waals surface area contributed by atoms with Gasteiger partial charge in [-0.2, -0.15) is 0 Å². The third-order valence-corrected chi connectivity index (χ3v) is 1.69. The predicted molar refractivity (Wildman–Crippen MR) is 48.6 cm³/mol. The van der Waals surface area contributed by atoms with E-state index in [0.29, 0.717) is 5.56 Å². The molecule has 1 amide bonds. The highest BCUT2D eigenvalue weighted by Gasteiger charge is 2.13. The fourth-order valence-corrected chi connectivity index (χ4v) is 1.04. The molecular weight excluding hydrogens is 186 g/mol. The number of hydrogen-bond acceptors (Lipinski definition) is 4. The van der Waals surface area contributed by atoms with Crippen molar-refractivity contribution in [3.05, 3.63) is 29.8 Å². The second-order valence-electron chi connectivity index (χ2n) is 2.70. The molecule has 0 fully saturated rings. The van der Waals surface area contributed by atoms with Gasteiger partial charge < -0.3 is 20.7 Å². The molecule has 5 heteroatoms. The molecule has 0 unspecified atom stereocenters. The first-order valence-electron chi connectivity index (χ1n) is 3.99. The van der Waals surface area contributed by atoms with Crippen molar-refractivity contribution >= 4 is 6.09 Å². The van der Waals surface area contributed by atoms with Crippen LogP contribution < -0.4 is 5.73 Å². The van der Waals surface area contributed by atoms with Gasteiger partial charge in [-0.3, -0.25) is 0 Å². The van der Waals surface area contributed by atoms with Crippen molar-refractivity contribution in [3.8, 4) is 5.75 Å². The molecule has 76 valence electrons. The molecule has 0 aliphatic rings. The van der Waals surface area contributed by atoms with Crippen LogP contribution in [0.5, 0.6) is 5.75 Å². The van der Waals surface area contributed by atoms with Crippen LogP contribution >= 0.6 is 0 Å². The molecule has 0 aliphatic carbocycles. The zero-order valence-electron chi connectivity index (χ0n) is 7.38. The SMILES string of the molecule is NC(=O)O[C@@H](CO)c1ccc(O)cc1. The summed E-state index contributed by atoms with van der Waals surface area (Å²) in [5.41, 5.74) is 5.39. The van der Waals surface area contributed by atoms with Crippen LogP contribution in [0, 0.1) is 0 Å². The van der Waals surface area contributed by atoms with Crippen molar-refractivity contribution in [1.29, 1.82) is 0 Å². The van der Waals surface area contributed by atoms with E-state index in [1.807, 2.05) is 0 Å². The lowest BCUT2D eigenvalue weighted by atomic mass is 10.1. The predicted octanol–water partition coefficient (Wildman–Crippen LogP) is 0.521. The molecule has 1 rings (SSSR count). The minimum absolute atomic E-state index is 0.101. The molecule has 0 heterocycles. The summed E-state index contributed by atoms with van der Waals surface area (Å²) in [6.45, 7) is -0.353. The van der Waals surface area contributed by atoms with Crippen LogP contribution in [0.15, 0.2) is 24.3 Å². The first-order chi connectivity index (χ1) is 6.63. The van der Waals surface area contributed by atoms with E-state index in [9.17, 15) is 4.79 Å². The third kappa shape index (κ3) is 2.63.